The number of rotatable bonds is 2. The minimum Gasteiger partial charge on any atom is -0.0622 e. The molecule has 4 aromatic carbocycles. The molecule has 0 atom stereocenters. The van der Waals surface area contributed by atoms with Gasteiger partial charge in [0, 0.05) is 4.47 Å². The summed E-state index contributed by atoms with van der Waals surface area (Å²) in [5.74, 6) is 0. The fraction of sp³-hybridized carbons (Fsp3) is 0. The molecule has 23 heavy (non-hydrogen) atoms. The molecular weight excluding hydrogens is 344 g/mol. The Morgan fingerprint density at radius 1 is 0.609 bits per heavy atom. The van der Waals surface area contributed by atoms with Gasteiger partial charge >= 0.3 is 0 Å². The molecule has 0 aliphatic carbocycles. The van der Waals surface area contributed by atoms with Crippen LogP contribution in [0.2, 0.25) is 0 Å². The maximum absolute atomic E-state index is 8.31. The molecule has 0 aliphatic heterocycles. The molecule has 0 bridgehead atoms. The number of halogens is 1. The lowest BCUT2D eigenvalue weighted by Gasteiger charge is -2.11. The number of benzene rings is 4. The summed E-state index contributed by atoms with van der Waals surface area (Å²) in [6.45, 7) is 0. The van der Waals surface area contributed by atoms with Crippen molar-refractivity contribution in [1.29, 1.82) is 0 Å². The summed E-state index contributed by atoms with van der Waals surface area (Å²) in [6.07, 6.45) is 0. The van der Waals surface area contributed by atoms with Gasteiger partial charge in [-0.25, -0.2) is 0 Å². The van der Waals surface area contributed by atoms with Gasteiger partial charge < -0.3 is 0 Å². The van der Waals surface area contributed by atoms with E-state index >= 15 is 0 Å². The first-order chi connectivity index (χ1) is 13.4. The van der Waals surface area contributed by atoms with E-state index in [9.17, 15) is 0 Å². The first-order valence-electron chi connectivity index (χ1n) is 9.75. The third kappa shape index (κ3) is 2.69. The molecule has 0 heterocycles. The van der Waals surface area contributed by atoms with Crippen molar-refractivity contribution in [2.24, 2.45) is 0 Å². The summed E-state index contributed by atoms with van der Waals surface area (Å²) in [6, 6.07) is 18.1. The number of hydrogen-bond donors (Lipinski definition) is 0. The SMILES string of the molecule is [2H]c1c([2H])c([2H])c(-c2cccc3c(-c4ccc(Br)cc4)cccc23)c([2H])c1[2H]. The van der Waals surface area contributed by atoms with Crippen molar-refractivity contribution in [1.82, 2.24) is 0 Å². The first kappa shape index (κ1) is 9.69. The van der Waals surface area contributed by atoms with Gasteiger partial charge in [0.05, 0.1) is 6.85 Å². The minimum absolute atomic E-state index is 0.187. The van der Waals surface area contributed by atoms with E-state index in [2.05, 4.69) is 15.9 Å². The van der Waals surface area contributed by atoms with Crippen molar-refractivity contribution in [2.75, 3.05) is 0 Å². The number of hydrogen-bond acceptors (Lipinski definition) is 0. The maximum Gasteiger partial charge on any atom is 0.0629 e. The van der Waals surface area contributed by atoms with Gasteiger partial charge in [-0.1, -0.05) is 94.7 Å². The van der Waals surface area contributed by atoms with E-state index in [0.717, 1.165) is 26.4 Å². The third-order valence-corrected chi connectivity index (χ3v) is 4.38. The summed E-state index contributed by atoms with van der Waals surface area (Å²) in [4.78, 5) is 0. The molecule has 110 valence electrons. The molecular formula is C22H15Br. The highest BCUT2D eigenvalue weighted by atomic mass is 79.9. The van der Waals surface area contributed by atoms with E-state index in [-0.39, 0.29) is 35.8 Å². The van der Waals surface area contributed by atoms with Gasteiger partial charge in [0.25, 0.3) is 0 Å². The van der Waals surface area contributed by atoms with Crippen molar-refractivity contribution in [3.05, 3.63) is 95.3 Å². The van der Waals surface area contributed by atoms with Crippen LogP contribution >= 0.6 is 15.9 Å². The zero-order valence-corrected chi connectivity index (χ0v) is 13.7. The van der Waals surface area contributed by atoms with Crippen LogP contribution in [0.5, 0.6) is 0 Å². The highest BCUT2D eigenvalue weighted by molar-refractivity contribution is 9.10. The zero-order chi connectivity index (χ0) is 20.0. The van der Waals surface area contributed by atoms with Crippen molar-refractivity contribution in [2.45, 2.75) is 0 Å². The van der Waals surface area contributed by atoms with E-state index in [1.54, 1.807) is 0 Å². The Hall–Kier alpha value is -2.38. The molecule has 4 rings (SSSR count). The molecule has 0 aliphatic rings. The van der Waals surface area contributed by atoms with Crippen LogP contribution in [0.1, 0.15) is 6.85 Å². The van der Waals surface area contributed by atoms with Gasteiger partial charge in [-0.2, -0.15) is 0 Å². The molecule has 0 saturated heterocycles. The lowest BCUT2D eigenvalue weighted by Crippen LogP contribution is -1.85. The van der Waals surface area contributed by atoms with Crippen molar-refractivity contribution in [3.8, 4) is 22.3 Å². The fourth-order valence-corrected chi connectivity index (χ4v) is 3.06. The molecule has 0 saturated carbocycles. The van der Waals surface area contributed by atoms with Crippen LogP contribution in [-0.2, 0) is 0 Å². The van der Waals surface area contributed by atoms with Crippen LogP contribution in [-0.4, -0.2) is 0 Å². The minimum atomic E-state index is -0.380. The summed E-state index contributed by atoms with van der Waals surface area (Å²) >= 11 is 3.45. The summed E-state index contributed by atoms with van der Waals surface area (Å²) in [5, 5.41) is 1.82. The third-order valence-electron chi connectivity index (χ3n) is 3.85. The van der Waals surface area contributed by atoms with Crippen LogP contribution in [0.25, 0.3) is 33.0 Å². The van der Waals surface area contributed by atoms with Gasteiger partial charge in [-0.05, 0) is 45.2 Å². The average molecular weight is 364 g/mol. The summed E-state index contributed by atoms with van der Waals surface area (Å²) in [7, 11) is 0. The van der Waals surface area contributed by atoms with E-state index in [4.69, 9.17) is 6.85 Å². The van der Waals surface area contributed by atoms with Crippen LogP contribution < -0.4 is 0 Å². The largest absolute Gasteiger partial charge is 0.0629 e. The second-order valence-electron chi connectivity index (χ2n) is 5.21. The summed E-state index contributed by atoms with van der Waals surface area (Å²) < 4.78 is 41.4. The topological polar surface area (TPSA) is 0 Å². The monoisotopic (exact) mass is 363 g/mol. The first-order valence-corrected chi connectivity index (χ1v) is 8.04. The highest BCUT2D eigenvalue weighted by Gasteiger charge is 2.08. The van der Waals surface area contributed by atoms with E-state index in [0.29, 0.717) is 5.56 Å². The van der Waals surface area contributed by atoms with Crippen LogP contribution in [0, 0.1) is 0 Å². The molecule has 0 nitrogen and oxygen atoms in total. The average Bonchev–Trinajstić information content (AvgIpc) is 2.71. The molecule has 0 fully saturated rings. The Morgan fingerprint density at radius 3 is 1.78 bits per heavy atom. The second kappa shape index (κ2) is 6.02. The zero-order valence-electron chi connectivity index (χ0n) is 17.2. The normalized spacial score (nSPS) is 13.9. The standard InChI is InChI=1S/C22H15Br/c23-18-14-12-17(13-15-18)20-9-5-10-21-19(8-4-11-22(20)21)16-6-2-1-3-7-16/h1-15H/i1D,2D,3D,6D,7D. The molecule has 0 unspecified atom stereocenters. The van der Waals surface area contributed by atoms with Gasteiger partial charge in [-0.3, -0.25) is 0 Å². The number of fused-ring (bicyclic) bond motifs is 1. The van der Waals surface area contributed by atoms with Gasteiger partial charge in [0.1, 0.15) is 0 Å². The molecule has 0 spiro atoms. The smallest absolute Gasteiger partial charge is 0.0622 e. The van der Waals surface area contributed by atoms with Crippen molar-refractivity contribution < 1.29 is 6.85 Å². The van der Waals surface area contributed by atoms with Gasteiger partial charge in [-0.15, -0.1) is 0 Å². The predicted octanol–water partition coefficient (Wildman–Crippen LogP) is 6.94. The lowest BCUT2D eigenvalue weighted by molar-refractivity contribution is 1.61. The molecule has 0 amide bonds. The van der Waals surface area contributed by atoms with Crippen molar-refractivity contribution in [3.63, 3.8) is 0 Å². The van der Waals surface area contributed by atoms with Crippen LogP contribution in [0.15, 0.2) is 95.3 Å². The quantitative estimate of drug-likeness (QED) is 0.361. The van der Waals surface area contributed by atoms with Gasteiger partial charge in [0.2, 0.25) is 0 Å². The molecule has 4 aromatic rings. The Bertz CT molecular complexity index is 1190. The van der Waals surface area contributed by atoms with Crippen LogP contribution in [0.3, 0.4) is 0 Å². The molecule has 1 heteroatoms. The predicted molar refractivity (Wildman–Crippen MR) is 103 cm³/mol. The molecule has 0 aromatic heterocycles. The van der Waals surface area contributed by atoms with Crippen molar-refractivity contribution >= 4 is 26.7 Å². The maximum atomic E-state index is 8.31. The van der Waals surface area contributed by atoms with E-state index in [1.165, 1.54) is 0 Å². The second-order valence-corrected chi connectivity index (χ2v) is 6.13. The Balaban J connectivity index is 2.04. The van der Waals surface area contributed by atoms with E-state index in [1.807, 2.05) is 60.7 Å². The fourth-order valence-electron chi connectivity index (χ4n) is 2.79. The molecule has 0 N–H and O–H groups in total. The summed E-state index contributed by atoms with van der Waals surface area (Å²) in [5.41, 5.74) is 2.93. The Labute approximate surface area is 151 Å². The van der Waals surface area contributed by atoms with Gasteiger partial charge in [0.15, 0.2) is 0 Å². The van der Waals surface area contributed by atoms with Crippen LogP contribution in [0.4, 0.5) is 0 Å². The lowest BCUT2D eigenvalue weighted by atomic mass is 9.93. The highest BCUT2D eigenvalue weighted by Crippen LogP contribution is 2.34. The Kier molecular flexibility index (Phi) is 2.54. The molecule has 0 radical (unpaired) electrons. The van der Waals surface area contributed by atoms with E-state index < -0.39 is 0 Å². The Morgan fingerprint density at radius 2 is 1.17 bits per heavy atom.